The highest BCUT2D eigenvalue weighted by Crippen LogP contribution is 2.36. The van der Waals surface area contributed by atoms with Crippen LogP contribution in [0.1, 0.15) is 41.8 Å². The summed E-state index contributed by atoms with van der Waals surface area (Å²) in [6.07, 6.45) is 6.25. The van der Waals surface area contributed by atoms with Gasteiger partial charge in [0.25, 0.3) is 0 Å². The van der Waals surface area contributed by atoms with Crippen molar-refractivity contribution in [2.24, 2.45) is 0 Å². The zero-order valence-corrected chi connectivity index (χ0v) is 18.7. The molecule has 4 heterocycles. The number of rotatable bonds is 4. The molecule has 0 N–H and O–H groups in total. The number of pyridine rings is 1. The first-order valence-electron chi connectivity index (χ1n) is 11.4. The van der Waals surface area contributed by atoms with E-state index in [1.165, 1.54) is 18.9 Å². The van der Waals surface area contributed by atoms with Gasteiger partial charge < -0.3 is 9.64 Å². The molecule has 1 saturated carbocycles. The Morgan fingerprint density at radius 2 is 1.94 bits per heavy atom. The van der Waals surface area contributed by atoms with Crippen molar-refractivity contribution >= 4 is 17.0 Å². The molecule has 8 heteroatoms. The monoisotopic (exact) mass is 444 g/mol. The van der Waals surface area contributed by atoms with Crippen LogP contribution in [0, 0.1) is 19.7 Å². The summed E-state index contributed by atoms with van der Waals surface area (Å²) in [5.41, 5.74) is 4.37. The summed E-state index contributed by atoms with van der Waals surface area (Å²) in [6, 6.07) is 9.57. The van der Waals surface area contributed by atoms with Crippen molar-refractivity contribution in [2.45, 2.75) is 38.8 Å². The molecule has 6 rings (SSSR count). The molecule has 2 fully saturated rings. The first-order chi connectivity index (χ1) is 16.0. The van der Waals surface area contributed by atoms with Gasteiger partial charge >= 0.3 is 0 Å². The Labute approximate surface area is 191 Å². The van der Waals surface area contributed by atoms with Crippen LogP contribution < -0.4 is 4.90 Å². The summed E-state index contributed by atoms with van der Waals surface area (Å²) in [5, 5.41) is 5.25. The first-order valence-corrected chi connectivity index (χ1v) is 11.4. The molecule has 1 aliphatic heterocycles. The Bertz CT molecular complexity index is 1350. The highest BCUT2D eigenvalue weighted by Gasteiger charge is 2.29. The third kappa shape index (κ3) is 3.84. The van der Waals surface area contributed by atoms with Crippen molar-refractivity contribution in [2.75, 3.05) is 24.6 Å². The summed E-state index contributed by atoms with van der Waals surface area (Å²) in [7, 11) is 0. The number of hydrogen-bond donors (Lipinski definition) is 0. The fourth-order valence-corrected chi connectivity index (χ4v) is 4.34. The molecule has 33 heavy (non-hydrogen) atoms. The normalized spacial score (nSPS) is 18.8. The highest BCUT2D eigenvalue weighted by atomic mass is 19.1. The highest BCUT2D eigenvalue weighted by molar-refractivity contribution is 5.91. The van der Waals surface area contributed by atoms with E-state index in [1.54, 1.807) is 6.07 Å². The van der Waals surface area contributed by atoms with Crippen molar-refractivity contribution in [3.8, 4) is 11.3 Å². The first kappa shape index (κ1) is 20.2. The Morgan fingerprint density at radius 3 is 2.76 bits per heavy atom. The lowest BCUT2D eigenvalue weighted by molar-refractivity contribution is 0.0392. The topological polar surface area (TPSA) is 69.0 Å². The maximum Gasteiger partial charge on any atom is 0.228 e. The number of morpholine rings is 1. The molecule has 1 unspecified atom stereocenters. The Kier molecular flexibility index (Phi) is 4.83. The van der Waals surface area contributed by atoms with E-state index >= 15 is 0 Å². The van der Waals surface area contributed by atoms with E-state index in [9.17, 15) is 4.39 Å². The molecule has 2 aliphatic rings. The van der Waals surface area contributed by atoms with E-state index < -0.39 is 0 Å². The summed E-state index contributed by atoms with van der Waals surface area (Å²) in [4.78, 5) is 16.3. The number of nitrogens with zero attached hydrogens (tertiary/aromatic N) is 6. The fourth-order valence-electron chi connectivity index (χ4n) is 4.34. The Morgan fingerprint density at radius 1 is 1.06 bits per heavy atom. The molecule has 0 amide bonds. The predicted molar refractivity (Wildman–Crippen MR) is 124 cm³/mol. The Balaban J connectivity index is 1.39. The predicted octanol–water partition coefficient (Wildman–Crippen LogP) is 4.56. The summed E-state index contributed by atoms with van der Waals surface area (Å²) < 4.78 is 23.0. The van der Waals surface area contributed by atoms with Gasteiger partial charge in [-0.1, -0.05) is 6.07 Å². The molecule has 4 aromatic rings. The second-order valence-electron chi connectivity index (χ2n) is 8.97. The molecular formula is C25H25FN6O. The number of halogens is 1. The van der Waals surface area contributed by atoms with Crippen molar-refractivity contribution in [3.63, 3.8) is 0 Å². The van der Waals surface area contributed by atoms with Crippen LogP contribution in [0.15, 0.2) is 42.7 Å². The summed E-state index contributed by atoms with van der Waals surface area (Å²) >= 11 is 0. The number of hydrogen-bond acceptors (Lipinski definition) is 6. The van der Waals surface area contributed by atoms with Crippen LogP contribution in [0.4, 0.5) is 10.3 Å². The van der Waals surface area contributed by atoms with Gasteiger partial charge in [0.1, 0.15) is 11.9 Å². The number of fused-ring (bicyclic) bond motifs is 1. The third-order valence-corrected chi connectivity index (χ3v) is 6.33. The van der Waals surface area contributed by atoms with Gasteiger partial charge in [-0.25, -0.2) is 14.4 Å². The lowest BCUT2D eigenvalue weighted by Gasteiger charge is -2.32. The van der Waals surface area contributed by atoms with Crippen LogP contribution >= 0.6 is 0 Å². The van der Waals surface area contributed by atoms with Gasteiger partial charge in [-0.15, -0.1) is 0 Å². The molecule has 0 bridgehead atoms. The summed E-state index contributed by atoms with van der Waals surface area (Å²) in [6.45, 7) is 5.61. The number of aromatic nitrogens is 5. The van der Waals surface area contributed by atoms with Gasteiger partial charge in [0, 0.05) is 34.9 Å². The quantitative estimate of drug-likeness (QED) is 0.460. The minimum atomic E-state index is -0.297. The van der Waals surface area contributed by atoms with Crippen LogP contribution in [0.25, 0.3) is 22.3 Å². The lowest BCUT2D eigenvalue weighted by Crippen LogP contribution is -2.39. The summed E-state index contributed by atoms with van der Waals surface area (Å²) in [5.74, 6) is 0.243. The SMILES string of the molecule is Cc1ccc(-c2nc(N3CCOC(c4cnn(C5CC5)c4)C3)nc3nc(C)ccc23)c(F)c1. The standard InChI is InChI=1S/C25H25FN6O/c1-15-3-7-19(21(26)11-15)23-20-8-4-16(2)28-24(20)30-25(29-23)31-9-10-33-22(14-31)17-12-27-32(13-17)18-5-6-18/h3-4,7-8,11-13,18,22H,5-6,9-10,14H2,1-2H3. The second kappa shape index (κ2) is 7.88. The zero-order valence-electron chi connectivity index (χ0n) is 18.7. The van der Waals surface area contributed by atoms with E-state index in [-0.39, 0.29) is 11.9 Å². The molecule has 0 spiro atoms. The maximum absolute atomic E-state index is 14.9. The second-order valence-corrected chi connectivity index (χ2v) is 8.97. The molecule has 1 saturated heterocycles. The average molecular weight is 445 g/mol. The van der Waals surface area contributed by atoms with Crippen LogP contribution in [0.2, 0.25) is 0 Å². The largest absolute Gasteiger partial charge is 0.370 e. The number of aryl methyl sites for hydroxylation is 2. The molecule has 168 valence electrons. The van der Waals surface area contributed by atoms with E-state index in [2.05, 4.69) is 21.2 Å². The van der Waals surface area contributed by atoms with Gasteiger partial charge in [-0.2, -0.15) is 10.1 Å². The minimum absolute atomic E-state index is 0.115. The molecule has 1 atom stereocenters. The van der Waals surface area contributed by atoms with Crippen molar-refractivity contribution < 1.29 is 9.13 Å². The molecule has 1 aromatic carbocycles. The van der Waals surface area contributed by atoms with Gasteiger partial charge in [0.05, 0.1) is 31.1 Å². The maximum atomic E-state index is 14.9. The number of ether oxygens (including phenoxy) is 1. The van der Waals surface area contributed by atoms with Gasteiger partial charge in [-0.3, -0.25) is 4.68 Å². The number of benzene rings is 1. The van der Waals surface area contributed by atoms with Crippen LogP contribution in [-0.2, 0) is 4.74 Å². The van der Waals surface area contributed by atoms with Gasteiger partial charge in [-0.05, 0) is 56.5 Å². The Hall–Kier alpha value is -3.39. The molecule has 7 nitrogen and oxygen atoms in total. The molecule has 1 aliphatic carbocycles. The smallest absolute Gasteiger partial charge is 0.228 e. The van der Waals surface area contributed by atoms with E-state index in [1.807, 2.05) is 42.9 Å². The lowest BCUT2D eigenvalue weighted by atomic mass is 10.1. The third-order valence-electron chi connectivity index (χ3n) is 6.33. The fraction of sp³-hybridized carbons (Fsp3) is 0.360. The van der Waals surface area contributed by atoms with Gasteiger partial charge in [0.2, 0.25) is 5.95 Å². The van der Waals surface area contributed by atoms with E-state index in [0.29, 0.717) is 48.6 Å². The average Bonchev–Trinajstić information content (AvgIpc) is 3.54. The number of anilines is 1. The van der Waals surface area contributed by atoms with E-state index in [0.717, 1.165) is 22.2 Å². The molecule has 3 aromatic heterocycles. The van der Waals surface area contributed by atoms with E-state index in [4.69, 9.17) is 14.7 Å². The minimum Gasteiger partial charge on any atom is -0.370 e. The van der Waals surface area contributed by atoms with Crippen LogP contribution in [-0.4, -0.2) is 44.4 Å². The van der Waals surface area contributed by atoms with Crippen molar-refractivity contribution in [1.82, 2.24) is 24.7 Å². The van der Waals surface area contributed by atoms with Crippen molar-refractivity contribution in [1.29, 1.82) is 0 Å². The zero-order chi connectivity index (χ0) is 22.5. The van der Waals surface area contributed by atoms with Crippen molar-refractivity contribution in [3.05, 3.63) is 65.4 Å². The van der Waals surface area contributed by atoms with Crippen LogP contribution in [0.5, 0.6) is 0 Å². The molecular weight excluding hydrogens is 419 g/mol. The molecule has 0 radical (unpaired) electrons. The van der Waals surface area contributed by atoms with Gasteiger partial charge in [0.15, 0.2) is 5.65 Å². The van der Waals surface area contributed by atoms with Crippen LogP contribution in [0.3, 0.4) is 0 Å².